The number of amides is 1. The van der Waals surface area contributed by atoms with Crippen molar-refractivity contribution in [2.75, 3.05) is 11.1 Å². The van der Waals surface area contributed by atoms with Crippen LogP contribution in [0.25, 0.3) is 0 Å². The first-order valence-electron chi connectivity index (χ1n) is 5.60. The Morgan fingerprint density at radius 2 is 2.05 bits per heavy atom. The van der Waals surface area contributed by atoms with E-state index in [1.165, 1.54) is 18.2 Å². The second-order valence-electron chi connectivity index (χ2n) is 4.13. The van der Waals surface area contributed by atoms with Gasteiger partial charge < -0.3 is 11.1 Å². The molecule has 0 saturated heterocycles. The van der Waals surface area contributed by atoms with Gasteiger partial charge >= 0.3 is 0 Å². The minimum absolute atomic E-state index is 0.222. The van der Waals surface area contributed by atoms with Gasteiger partial charge in [-0.3, -0.25) is 4.79 Å². The first-order valence-corrected chi connectivity index (χ1v) is 5.97. The molecule has 98 valence electrons. The van der Waals surface area contributed by atoms with E-state index in [2.05, 4.69) is 5.32 Å². The first-order chi connectivity index (χ1) is 8.97. The predicted octanol–water partition coefficient (Wildman–Crippen LogP) is 3.62. The molecule has 0 atom stereocenters. The molecular formula is C14H12ClFN2O. The molecule has 0 spiro atoms. The van der Waals surface area contributed by atoms with Crippen molar-refractivity contribution in [2.45, 2.75) is 6.92 Å². The lowest BCUT2D eigenvalue weighted by Crippen LogP contribution is -2.14. The fourth-order valence-corrected chi connectivity index (χ4v) is 1.95. The van der Waals surface area contributed by atoms with Crippen LogP contribution in [0.5, 0.6) is 0 Å². The summed E-state index contributed by atoms with van der Waals surface area (Å²) in [5, 5.41) is 2.81. The summed E-state index contributed by atoms with van der Waals surface area (Å²) in [5.74, 6) is -0.862. The number of nitrogens with two attached hydrogens (primary N) is 1. The number of nitrogens with one attached hydrogen (secondary N) is 1. The zero-order valence-corrected chi connectivity index (χ0v) is 11.0. The van der Waals surface area contributed by atoms with Gasteiger partial charge in [-0.15, -0.1) is 0 Å². The summed E-state index contributed by atoms with van der Waals surface area (Å²) in [5.41, 5.74) is 7.70. The van der Waals surface area contributed by atoms with E-state index in [-0.39, 0.29) is 10.9 Å². The number of carbonyl (C=O) groups is 1. The highest BCUT2D eigenvalue weighted by molar-refractivity contribution is 6.31. The van der Waals surface area contributed by atoms with E-state index >= 15 is 0 Å². The molecule has 0 aliphatic carbocycles. The molecule has 0 aromatic heterocycles. The van der Waals surface area contributed by atoms with Crippen molar-refractivity contribution < 1.29 is 9.18 Å². The number of halogens is 2. The number of anilines is 2. The Hall–Kier alpha value is -2.07. The maximum absolute atomic E-state index is 13.2. The van der Waals surface area contributed by atoms with Crippen molar-refractivity contribution in [1.82, 2.24) is 0 Å². The minimum Gasteiger partial charge on any atom is -0.398 e. The Labute approximate surface area is 115 Å². The Morgan fingerprint density at radius 1 is 1.32 bits per heavy atom. The predicted molar refractivity (Wildman–Crippen MR) is 75.0 cm³/mol. The molecule has 0 heterocycles. The maximum Gasteiger partial charge on any atom is 0.256 e. The molecule has 0 saturated carbocycles. The van der Waals surface area contributed by atoms with Gasteiger partial charge in [0.25, 0.3) is 5.91 Å². The summed E-state index contributed by atoms with van der Waals surface area (Å²) in [6.07, 6.45) is 0. The third kappa shape index (κ3) is 3.03. The minimum atomic E-state index is -0.507. The van der Waals surface area contributed by atoms with Gasteiger partial charge in [0, 0.05) is 22.0 Å². The number of hydrogen-bond donors (Lipinski definition) is 2. The van der Waals surface area contributed by atoms with Crippen LogP contribution in [0.15, 0.2) is 36.4 Å². The van der Waals surface area contributed by atoms with Gasteiger partial charge in [-0.25, -0.2) is 4.39 Å². The Kier molecular flexibility index (Phi) is 3.71. The Balaban J connectivity index is 2.28. The quantitative estimate of drug-likeness (QED) is 0.824. The number of nitrogen functional groups attached to an aromatic ring is 1. The lowest BCUT2D eigenvalue weighted by molar-refractivity contribution is 0.102. The average molecular weight is 279 g/mol. The highest BCUT2D eigenvalue weighted by Gasteiger charge is 2.11. The number of rotatable bonds is 2. The van der Waals surface area contributed by atoms with Gasteiger partial charge in [-0.1, -0.05) is 17.7 Å². The molecule has 0 radical (unpaired) electrons. The highest BCUT2D eigenvalue weighted by Crippen LogP contribution is 2.20. The van der Waals surface area contributed by atoms with Gasteiger partial charge in [-0.2, -0.15) is 0 Å². The molecule has 3 nitrogen and oxygen atoms in total. The van der Waals surface area contributed by atoms with Crippen molar-refractivity contribution in [3.8, 4) is 0 Å². The van der Waals surface area contributed by atoms with E-state index in [9.17, 15) is 9.18 Å². The van der Waals surface area contributed by atoms with Gasteiger partial charge in [-0.05, 0) is 42.8 Å². The second kappa shape index (κ2) is 5.28. The molecule has 0 unspecified atom stereocenters. The summed E-state index contributed by atoms with van der Waals surface area (Å²) >= 11 is 5.72. The topological polar surface area (TPSA) is 55.1 Å². The molecule has 2 aromatic carbocycles. The molecule has 5 heteroatoms. The largest absolute Gasteiger partial charge is 0.398 e. The van der Waals surface area contributed by atoms with Gasteiger partial charge in [0.2, 0.25) is 0 Å². The van der Waals surface area contributed by atoms with Crippen LogP contribution in [0.4, 0.5) is 15.8 Å². The summed E-state index contributed by atoms with van der Waals surface area (Å²) in [6.45, 7) is 1.75. The Bertz CT molecular complexity index is 623. The molecule has 0 aliphatic rings. The molecule has 0 fully saturated rings. The molecule has 3 N–H and O–H groups in total. The Morgan fingerprint density at radius 3 is 2.74 bits per heavy atom. The number of carbonyl (C=O) groups excluding carboxylic acids is 1. The standard InChI is InChI=1S/C14H12ClFN2O/c1-8-12(3-2-4-13(8)17)14(19)18-11-6-9(15)5-10(16)7-11/h2-7H,17H2,1H3,(H,18,19). The van der Waals surface area contributed by atoms with Crippen molar-refractivity contribution in [3.63, 3.8) is 0 Å². The molecule has 0 aliphatic heterocycles. The molecular weight excluding hydrogens is 267 g/mol. The SMILES string of the molecule is Cc1c(N)cccc1C(=O)Nc1cc(F)cc(Cl)c1. The van der Waals surface area contributed by atoms with Gasteiger partial charge in [0.15, 0.2) is 0 Å². The van der Waals surface area contributed by atoms with E-state index in [0.717, 1.165) is 0 Å². The van der Waals surface area contributed by atoms with Crippen LogP contribution in [-0.2, 0) is 0 Å². The van der Waals surface area contributed by atoms with Crippen LogP contribution in [0.1, 0.15) is 15.9 Å². The van der Waals surface area contributed by atoms with Crippen LogP contribution < -0.4 is 11.1 Å². The molecule has 2 rings (SSSR count). The number of hydrogen-bond acceptors (Lipinski definition) is 2. The zero-order chi connectivity index (χ0) is 14.0. The summed E-state index contributed by atoms with van der Waals surface area (Å²) in [7, 11) is 0. The zero-order valence-electron chi connectivity index (χ0n) is 10.2. The molecule has 2 aromatic rings. The van der Waals surface area contributed by atoms with Crippen LogP contribution in [0.3, 0.4) is 0 Å². The lowest BCUT2D eigenvalue weighted by Gasteiger charge is -2.09. The number of benzene rings is 2. The molecule has 0 bridgehead atoms. The van der Waals surface area contributed by atoms with E-state index in [1.807, 2.05) is 0 Å². The summed E-state index contributed by atoms with van der Waals surface area (Å²) in [6, 6.07) is 8.90. The van der Waals surface area contributed by atoms with Crippen molar-refractivity contribution in [2.24, 2.45) is 0 Å². The molecule has 1 amide bonds. The van der Waals surface area contributed by atoms with Gasteiger partial charge in [0.1, 0.15) is 5.82 Å². The maximum atomic E-state index is 13.2. The summed E-state index contributed by atoms with van der Waals surface area (Å²) < 4.78 is 13.2. The average Bonchev–Trinajstić information content (AvgIpc) is 2.31. The van der Waals surface area contributed by atoms with Crippen LogP contribution >= 0.6 is 11.6 Å². The third-order valence-electron chi connectivity index (χ3n) is 2.74. The van der Waals surface area contributed by atoms with Crippen molar-refractivity contribution >= 4 is 28.9 Å². The first kappa shape index (κ1) is 13.4. The van der Waals surface area contributed by atoms with Crippen molar-refractivity contribution in [3.05, 3.63) is 58.4 Å². The fourth-order valence-electron chi connectivity index (χ4n) is 1.72. The highest BCUT2D eigenvalue weighted by atomic mass is 35.5. The normalized spacial score (nSPS) is 10.3. The lowest BCUT2D eigenvalue weighted by atomic mass is 10.1. The van der Waals surface area contributed by atoms with Crippen LogP contribution in [-0.4, -0.2) is 5.91 Å². The monoisotopic (exact) mass is 278 g/mol. The summed E-state index contributed by atoms with van der Waals surface area (Å²) in [4.78, 5) is 12.1. The fraction of sp³-hybridized carbons (Fsp3) is 0.0714. The third-order valence-corrected chi connectivity index (χ3v) is 2.96. The smallest absolute Gasteiger partial charge is 0.256 e. The van der Waals surface area contributed by atoms with Gasteiger partial charge in [0.05, 0.1) is 0 Å². The van der Waals surface area contributed by atoms with E-state index in [1.54, 1.807) is 25.1 Å². The van der Waals surface area contributed by atoms with E-state index in [0.29, 0.717) is 22.5 Å². The van der Waals surface area contributed by atoms with Crippen LogP contribution in [0, 0.1) is 12.7 Å². The second-order valence-corrected chi connectivity index (χ2v) is 4.57. The van der Waals surface area contributed by atoms with E-state index < -0.39 is 5.82 Å². The molecule has 19 heavy (non-hydrogen) atoms. The van der Waals surface area contributed by atoms with Crippen LogP contribution in [0.2, 0.25) is 5.02 Å². The van der Waals surface area contributed by atoms with E-state index in [4.69, 9.17) is 17.3 Å². The van der Waals surface area contributed by atoms with Crippen molar-refractivity contribution in [1.29, 1.82) is 0 Å².